The molecule has 0 N–H and O–H groups in total. The molecule has 1 saturated heterocycles. The first-order valence-corrected chi connectivity index (χ1v) is 10.4. The molecular formula is C22H43NO4. The fraction of sp³-hybridized carbons (Fsp3) is 0.909. The zero-order chi connectivity index (χ0) is 20.9. The van der Waals surface area contributed by atoms with Crippen LogP contribution in [-0.4, -0.2) is 55.6 Å². The van der Waals surface area contributed by atoms with E-state index in [4.69, 9.17) is 4.74 Å². The van der Waals surface area contributed by atoms with Crippen molar-refractivity contribution in [2.45, 2.75) is 109 Å². The lowest BCUT2D eigenvalue weighted by Crippen LogP contribution is -2.60. The van der Waals surface area contributed by atoms with E-state index >= 15 is 0 Å². The molecular weight excluding hydrogens is 342 g/mol. The summed E-state index contributed by atoms with van der Waals surface area (Å²) in [5.41, 5.74) is 0.0996. The Balaban J connectivity index is 0.00000210. The summed E-state index contributed by atoms with van der Waals surface area (Å²) < 4.78 is 10.0. The van der Waals surface area contributed by atoms with Gasteiger partial charge in [0.2, 0.25) is 0 Å². The number of unbranched alkanes of at least 4 members (excludes halogenated alkanes) is 6. The Kier molecular flexibility index (Phi) is 12.8. The van der Waals surface area contributed by atoms with Gasteiger partial charge in [-0.05, 0) is 47.6 Å². The molecule has 1 aliphatic heterocycles. The predicted molar refractivity (Wildman–Crippen MR) is 111 cm³/mol. The van der Waals surface area contributed by atoms with Gasteiger partial charge in [0.1, 0.15) is 12.4 Å². The minimum absolute atomic E-state index is 0.0297. The summed E-state index contributed by atoms with van der Waals surface area (Å²) in [6.07, 6.45) is 10.4. The minimum atomic E-state index is -0.0443. The van der Waals surface area contributed by atoms with Crippen LogP contribution in [0.2, 0.25) is 0 Å². The van der Waals surface area contributed by atoms with E-state index < -0.39 is 0 Å². The largest absolute Gasteiger partial charge is 0.462 e. The maximum absolute atomic E-state index is 12.1. The molecule has 1 aliphatic rings. The molecule has 1 heterocycles. The molecule has 160 valence electrons. The zero-order valence-electron chi connectivity index (χ0n) is 18.8. The summed E-state index contributed by atoms with van der Waals surface area (Å²) in [7, 11) is 5.41. The third-order valence-corrected chi connectivity index (χ3v) is 5.52. The Morgan fingerprint density at radius 3 is 1.89 bits per heavy atom. The molecule has 0 bridgehead atoms. The standard InChI is InChI=1S/C20H37NO3.C2H6O/c1-19(2)15-17(16-20(3,4)21(19)5)24-18(23)13-11-9-7-6-8-10-12-14-22;1-3-2/h14,17H,6-13,15-16H2,1-5H3;1-2H3. The number of carbonyl (C=O) groups is 2. The monoisotopic (exact) mass is 385 g/mol. The van der Waals surface area contributed by atoms with Gasteiger partial charge in [0, 0.05) is 51.0 Å². The summed E-state index contributed by atoms with van der Waals surface area (Å²) in [5.74, 6) is -0.0443. The fourth-order valence-corrected chi connectivity index (χ4v) is 3.81. The van der Waals surface area contributed by atoms with Gasteiger partial charge in [0.25, 0.3) is 0 Å². The van der Waals surface area contributed by atoms with Crippen molar-refractivity contribution in [2.75, 3.05) is 21.3 Å². The summed E-state index contributed by atoms with van der Waals surface area (Å²) >= 11 is 0. The van der Waals surface area contributed by atoms with E-state index in [0.29, 0.717) is 12.8 Å². The predicted octanol–water partition coefficient (Wildman–Crippen LogP) is 4.76. The molecule has 0 amide bonds. The number of hydrogen-bond donors (Lipinski definition) is 0. The molecule has 0 aromatic heterocycles. The molecule has 0 saturated carbocycles. The topological polar surface area (TPSA) is 55.8 Å². The molecule has 0 aromatic carbocycles. The van der Waals surface area contributed by atoms with Gasteiger partial charge in [-0.15, -0.1) is 0 Å². The van der Waals surface area contributed by atoms with E-state index in [2.05, 4.69) is 44.4 Å². The Labute approximate surface area is 167 Å². The van der Waals surface area contributed by atoms with E-state index in [-0.39, 0.29) is 23.2 Å². The second kappa shape index (κ2) is 13.3. The zero-order valence-corrected chi connectivity index (χ0v) is 18.8. The van der Waals surface area contributed by atoms with Gasteiger partial charge in [0.05, 0.1) is 0 Å². The molecule has 1 fully saturated rings. The van der Waals surface area contributed by atoms with Crippen LogP contribution in [0.3, 0.4) is 0 Å². The highest BCUT2D eigenvalue weighted by molar-refractivity contribution is 5.69. The van der Waals surface area contributed by atoms with Crippen LogP contribution in [0.1, 0.15) is 91.9 Å². The van der Waals surface area contributed by atoms with Gasteiger partial charge in [-0.1, -0.05) is 25.7 Å². The molecule has 5 nitrogen and oxygen atoms in total. The smallest absolute Gasteiger partial charge is 0.306 e. The quantitative estimate of drug-likeness (QED) is 0.308. The van der Waals surface area contributed by atoms with Crippen LogP contribution in [0.15, 0.2) is 0 Å². The number of nitrogens with zero attached hydrogens (tertiary/aromatic N) is 1. The fourth-order valence-electron chi connectivity index (χ4n) is 3.81. The molecule has 0 atom stereocenters. The molecule has 5 heteroatoms. The van der Waals surface area contributed by atoms with Crippen LogP contribution in [0.4, 0.5) is 0 Å². The summed E-state index contributed by atoms with van der Waals surface area (Å²) in [5, 5.41) is 0. The van der Waals surface area contributed by atoms with Gasteiger partial charge in [-0.2, -0.15) is 0 Å². The first-order valence-electron chi connectivity index (χ1n) is 10.4. The highest BCUT2D eigenvalue weighted by Crippen LogP contribution is 2.38. The third-order valence-electron chi connectivity index (χ3n) is 5.52. The van der Waals surface area contributed by atoms with Gasteiger partial charge < -0.3 is 14.3 Å². The second-order valence-corrected chi connectivity index (χ2v) is 8.94. The highest BCUT2D eigenvalue weighted by atomic mass is 16.5. The van der Waals surface area contributed by atoms with Crippen molar-refractivity contribution in [2.24, 2.45) is 0 Å². The van der Waals surface area contributed by atoms with E-state index in [1.54, 1.807) is 14.2 Å². The van der Waals surface area contributed by atoms with Gasteiger partial charge in [0.15, 0.2) is 0 Å². The lowest BCUT2D eigenvalue weighted by atomic mass is 9.79. The van der Waals surface area contributed by atoms with Crippen LogP contribution in [-0.2, 0) is 19.1 Å². The lowest BCUT2D eigenvalue weighted by molar-refractivity contribution is -0.159. The Bertz CT molecular complexity index is 403. The molecule has 0 aromatic rings. The number of carbonyl (C=O) groups excluding carboxylic acids is 2. The first kappa shape index (κ1) is 26.1. The van der Waals surface area contributed by atoms with Crippen LogP contribution < -0.4 is 0 Å². The first-order chi connectivity index (χ1) is 12.6. The second-order valence-electron chi connectivity index (χ2n) is 8.94. The van der Waals surface area contributed by atoms with E-state index in [1.165, 1.54) is 0 Å². The van der Waals surface area contributed by atoms with Crippen molar-refractivity contribution >= 4 is 12.3 Å². The summed E-state index contributed by atoms with van der Waals surface area (Å²) in [4.78, 5) is 24.7. The number of likely N-dealkylation sites (tertiary alicyclic amines) is 1. The van der Waals surface area contributed by atoms with Crippen LogP contribution in [0.25, 0.3) is 0 Å². The lowest BCUT2D eigenvalue weighted by Gasteiger charge is -2.53. The third kappa shape index (κ3) is 10.8. The molecule has 0 aliphatic carbocycles. The SMILES string of the molecule is CN1C(C)(C)CC(OC(=O)CCCCCCCCC=O)CC1(C)C.COC. The van der Waals surface area contributed by atoms with E-state index in [1.807, 2.05) is 0 Å². The van der Waals surface area contributed by atoms with E-state index in [0.717, 1.165) is 57.7 Å². The Hall–Kier alpha value is -0.940. The van der Waals surface area contributed by atoms with Crippen LogP contribution in [0, 0.1) is 0 Å². The van der Waals surface area contributed by atoms with Crippen molar-refractivity contribution < 1.29 is 19.1 Å². The number of methoxy groups -OCH3 is 1. The molecule has 1 rings (SSSR count). The van der Waals surface area contributed by atoms with Gasteiger partial charge in [-0.3, -0.25) is 9.69 Å². The van der Waals surface area contributed by atoms with E-state index in [9.17, 15) is 9.59 Å². The maximum Gasteiger partial charge on any atom is 0.306 e. The number of aldehydes is 1. The average Bonchev–Trinajstić information content (AvgIpc) is 2.55. The summed E-state index contributed by atoms with van der Waals surface area (Å²) in [6.45, 7) is 8.89. The number of esters is 1. The van der Waals surface area contributed by atoms with Gasteiger partial charge in [-0.25, -0.2) is 0 Å². The van der Waals surface area contributed by atoms with Crippen molar-refractivity contribution in [3.8, 4) is 0 Å². The average molecular weight is 386 g/mol. The summed E-state index contributed by atoms with van der Waals surface area (Å²) in [6, 6.07) is 0. The Morgan fingerprint density at radius 1 is 0.963 bits per heavy atom. The van der Waals surface area contributed by atoms with Crippen LogP contribution in [0.5, 0.6) is 0 Å². The number of rotatable bonds is 10. The number of ether oxygens (including phenoxy) is 2. The maximum atomic E-state index is 12.1. The molecule has 27 heavy (non-hydrogen) atoms. The number of piperidine rings is 1. The minimum Gasteiger partial charge on any atom is -0.462 e. The van der Waals surface area contributed by atoms with Crippen molar-refractivity contribution in [1.29, 1.82) is 0 Å². The van der Waals surface area contributed by atoms with Crippen molar-refractivity contribution in [1.82, 2.24) is 4.90 Å². The highest BCUT2D eigenvalue weighted by Gasteiger charge is 2.44. The molecule has 0 unspecified atom stereocenters. The van der Waals surface area contributed by atoms with Crippen molar-refractivity contribution in [3.63, 3.8) is 0 Å². The number of hydrogen-bond acceptors (Lipinski definition) is 5. The molecule has 0 spiro atoms. The van der Waals surface area contributed by atoms with Crippen LogP contribution >= 0.6 is 0 Å². The normalized spacial score (nSPS) is 19.1. The van der Waals surface area contributed by atoms with Gasteiger partial charge >= 0.3 is 5.97 Å². The van der Waals surface area contributed by atoms with Crippen molar-refractivity contribution in [3.05, 3.63) is 0 Å². The molecule has 0 radical (unpaired) electrons. The Morgan fingerprint density at radius 2 is 1.41 bits per heavy atom.